The summed E-state index contributed by atoms with van der Waals surface area (Å²) >= 11 is 0. The highest BCUT2D eigenvalue weighted by Gasteiger charge is 2.28. The van der Waals surface area contributed by atoms with Crippen molar-refractivity contribution in [2.75, 3.05) is 5.75 Å². The molecule has 4 N–H and O–H groups in total. The van der Waals surface area contributed by atoms with Crippen LogP contribution in [0.1, 0.15) is 123 Å². The maximum atomic E-state index is 12.3. The lowest BCUT2D eigenvalue weighted by Crippen LogP contribution is -2.50. The summed E-state index contributed by atoms with van der Waals surface area (Å²) in [6.45, 7) is 4.33. The molecule has 34 heavy (non-hydrogen) atoms. The van der Waals surface area contributed by atoms with Gasteiger partial charge in [-0.25, -0.2) is 0 Å². The summed E-state index contributed by atoms with van der Waals surface area (Å²) in [7, 11) is -4.38. The van der Waals surface area contributed by atoms with Crippen LogP contribution in [-0.4, -0.2) is 53.1 Å². The van der Waals surface area contributed by atoms with Crippen LogP contribution in [0.3, 0.4) is 0 Å². The number of aliphatic hydroxyl groups is 2. The monoisotopic (exact) mass is 505 g/mol. The molecule has 0 radical (unpaired) electrons. The van der Waals surface area contributed by atoms with Crippen molar-refractivity contribution in [3.63, 3.8) is 0 Å². The minimum atomic E-state index is -4.38. The Morgan fingerprint density at radius 3 is 1.82 bits per heavy atom. The fraction of sp³-hybridized carbons (Fsp3) is 0.885. The first kappa shape index (κ1) is 33.0. The molecule has 0 aromatic heterocycles. The molecule has 0 fully saturated rings. The summed E-state index contributed by atoms with van der Waals surface area (Å²) in [5.74, 6) is -1.47. The topological polar surface area (TPSA) is 124 Å². The lowest BCUT2D eigenvalue weighted by molar-refractivity contribution is -0.131. The van der Waals surface area contributed by atoms with Gasteiger partial charge in [-0.05, 0) is 38.5 Å². The van der Waals surface area contributed by atoms with E-state index in [9.17, 15) is 28.0 Å². The second kappa shape index (κ2) is 21.3. The minimum Gasteiger partial charge on any atom is -0.391 e. The molecule has 0 spiro atoms. The van der Waals surface area contributed by atoms with Gasteiger partial charge < -0.3 is 15.5 Å². The summed E-state index contributed by atoms with van der Waals surface area (Å²) in [5, 5.41) is 23.0. The fourth-order valence-electron chi connectivity index (χ4n) is 3.92. The first-order chi connectivity index (χ1) is 16.2. The quantitative estimate of drug-likeness (QED) is 0.0847. The van der Waals surface area contributed by atoms with Gasteiger partial charge in [-0.2, -0.15) is 8.42 Å². The molecule has 0 rings (SSSR count). The second-order valence-corrected chi connectivity index (χ2v) is 11.0. The highest BCUT2D eigenvalue weighted by Crippen LogP contribution is 2.13. The van der Waals surface area contributed by atoms with Gasteiger partial charge in [0, 0.05) is 0 Å². The number of carbonyl (C=O) groups is 1. The van der Waals surface area contributed by atoms with Crippen LogP contribution in [0.25, 0.3) is 0 Å². The average Bonchev–Trinajstić information content (AvgIpc) is 2.78. The number of aliphatic hydroxyl groups excluding tert-OH is 2. The fourth-order valence-corrected chi connectivity index (χ4v) is 4.68. The Bertz CT molecular complexity index is 623. The van der Waals surface area contributed by atoms with E-state index < -0.39 is 40.0 Å². The normalized spacial score (nSPS) is 14.9. The van der Waals surface area contributed by atoms with Crippen LogP contribution in [-0.2, 0) is 14.9 Å². The van der Waals surface area contributed by atoms with E-state index in [0.29, 0.717) is 19.3 Å². The first-order valence-corrected chi connectivity index (χ1v) is 15.1. The molecule has 0 saturated heterocycles. The van der Waals surface area contributed by atoms with Crippen molar-refractivity contribution in [2.45, 2.75) is 141 Å². The van der Waals surface area contributed by atoms with Gasteiger partial charge in [0.1, 0.15) is 6.10 Å². The Labute approximate surface area is 208 Å². The molecule has 0 aliphatic rings. The zero-order valence-corrected chi connectivity index (χ0v) is 22.4. The zero-order chi connectivity index (χ0) is 25.7. The van der Waals surface area contributed by atoms with Crippen molar-refractivity contribution < 1.29 is 28.0 Å². The highest BCUT2D eigenvalue weighted by atomic mass is 32.2. The minimum absolute atomic E-state index is 0.283. The lowest BCUT2D eigenvalue weighted by atomic mass is 10.0. The van der Waals surface area contributed by atoms with Crippen molar-refractivity contribution >= 4 is 16.0 Å². The van der Waals surface area contributed by atoms with Gasteiger partial charge in [-0.15, -0.1) is 0 Å². The number of amides is 1. The summed E-state index contributed by atoms with van der Waals surface area (Å²) in [6.07, 6.45) is 18.5. The van der Waals surface area contributed by atoms with Gasteiger partial charge in [-0.1, -0.05) is 96.6 Å². The van der Waals surface area contributed by atoms with E-state index in [-0.39, 0.29) is 6.42 Å². The van der Waals surface area contributed by atoms with Gasteiger partial charge >= 0.3 is 0 Å². The number of hydrogen-bond acceptors (Lipinski definition) is 5. The maximum Gasteiger partial charge on any atom is 0.266 e. The molecule has 7 nitrogen and oxygen atoms in total. The smallest absolute Gasteiger partial charge is 0.266 e. The van der Waals surface area contributed by atoms with Crippen LogP contribution in [0.4, 0.5) is 0 Å². The molecule has 0 bridgehead atoms. The SMILES string of the molecule is CCCCC/C=C\CCCCCCC(O)C(=O)NC(CS(=O)(=O)O)C(O)CCCCCCCC. The number of hydrogen-bond donors (Lipinski definition) is 4. The number of allylic oxidation sites excluding steroid dienone is 2. The molecule has 3 unspecified atom stereocenters. The van der Waals surface area contributed by atoms with E-state index in [0.717, 1.165) is 64.2 Å². The molecule has 1 amide bonds. The van der Waals surface area contributed by atoms with Crippen molar-refractivity contribution in [2.24, 2.45) is 0 Å². The Balaban J connectivity index is 4.25. The van der Waals surface area contributed by atoms with E-state index in [2.05, 4.69) is 31.3 Å². The van der Waals surface area contributed by atoms with Gasteiger partial charge in [0.2, 0.25) is 5.91 Å². The Morgan fingerprint density at radius 1 is 0.765 bits per heavy atom. The molecule has 0 aliphatic carbocycles. The number of carbonyl (C=O) groups excluding carboxylic acids is 1. The molecule has 0 saturated carbocycles. The van der Waals surface area contributed by atoms with E-state index in [1.54, 1.807) is 0 Å². The Hall–Kier alpha value is -0.960. The largest absolute Gasteiger partial charge is 0.391 e. The second-order valence-electron chi connectivity index (χ2n) is 9.46. The van der Waals surface area contributed by atoms with Crippen molar-refractivity contribution in [1.82, 2.24) is 5.32 Å². The molecule has 0 aromatic rings. The van der Waals surface area contributed by atoms with Crippen molar-refractivity contribution in [3.8, 4) is 0 Å². The standard InChI is InChI=1S/C26H51NO6S/c1-3-5-7-9-11-12-13-14-15-17-19-21-25(29)26(30)27-23(22-34(31,32)33)24(28)20-18-16-10-8-6-4-2/h11-12,23-25,28-29H,3-10,13-22H2,1-2H3,(H,27,30)(H,31,32,33)/b12-11-. The Morgan fingerprint density at radius 2 is 1.24 bits per heavy atom. The zero-order valence-electron chi connectivity index (χ0n) is 21.6. The van der Waals surface area contributed by atoms with Crippen LogP contribution < -0.4 is 5.32 Å². The molecule has 0 aromatic carbocycles. The van der Waals surface area contributed by atoms with Crippen molar-refractivity contribution in [3.05, 3.63) is 12.2 Å². The van der Waals surface area contributed by atoms with Crippen molar-refractivity contribution in [1.29, 1.82) is 0 Å². The van der Waals surface area contributed by atoms with Crippen LogP contribution in [0.2, 0.25) is 0 Å². The van der Waals surface area contributed by atoms with E-state index in [1.807, 2.05) is 0 Å². The Kier molecular flexibility index (Phi) is 20.7. The first-order valence-electron chi connectivity index (χ1n) is 13.5. The summed E-state index contributed by atoms with van der Waals surface area (Å²) < 4.78 is 31.9. The van der Waals surface area contributed by atoms with E-state index in [4.69, 9.17) is 0 Å². The third-order valence-electron chi connectivity index (χ3n) is 6.08. The summed E-state index contributed by atoms with van der Waals surface area (Å²) in [5.41, 5.74) is 0. The average molecular weight is 506 g/mol. The van der Waals surface area contributed by atoms with Crippen LogP contribution in [0.15, 0.2) is 12.2 Å². The molecule has 3 atom stereocenters. The van der Waals surface area contributed by atoms with Crippen LogP contribution in [0.5, 0.6) is 0 Å². The predicted octanol–water partition coefficient (Wildman–Crippen LogP) is 5.31. The van der Waals surface area contributed by atoms with Gasteiger partial charge in [-0.3, -0.25) is 9.35 Å². The number of nitrogens with one attached hydrogen (secondary N) is 1. The van der Waals surface area contributed by atoms with Gasteiger partial charge in [0.25, 0.3) is 10.1 Å². The molecule has 8 heteroatoms. The third kappa shape index (κ3) is 20.4. The van der Waals surface area contributed by atoms with Crippen LogP contribution in [0, 0.1) is 0 Å². The lowest BCUT2D eigenvalue weighted by Gasteiger charge is -2.24. The third-order valence-corrected chi connectivity index (χ3v) is 6.86. The molecular formula is C26H51NO6S. The number of unbranched alkanes of at least 4 members (excludes halogenated alkanes) is 12. The van der Waals surface area contributed by atoms with E-state index in [1.165, 1.54) is 19.3 Å². The van der Waals surface area contributed by atoms with Gasteiger partial charge in [0.05, 0.1) is 17.9 Å². The van der Waals surface area contributed by atoms with Gasteiger partial charge in [0.15, 0.2) is 0 Å². The van der Waals surface area contributed by atoms with Crippen LogP contribution >= 0.6 is 0 Å². The molecule has 202 valence electrons. The molecular weight excluding hydrogens is 454 g/mol. The number of rotatable bonds is 23. The summed E-state index contributed by atoms with van der Waals surface area (Å²) in [4.78, 5) is 12.3. The molecule has 0 heterocycles. The maximum absolute atomic E-state index is 12.3. The highest BCUT2D eigenvalue weighted by molar-refractivity contribution is 7.85. The predicted molar refractivity (Wildman–Crippen MR) is 139 cm³/mol. The summed E-state index contributed by atoms with van der Waals surface area (Å²) in [6, 6.07) is -1.14. The molecule has 0 aliphatic heterocycles. The van der Waals surface area contributed by atoms with E-state index >= 15 is 0 Å².